The monoisotopic (exact) mass is 514 g/mol. The van der Waals surface area contributed by atoms with Crippen molar-refractivity contribution in [2.24, 2.45) is 0 Å². The molecule has 0 aliphatic carbocycles. The average molecular weight is 515 g/mol. The quantitative estimate of drug-likeness (QED) is 0.204. The number of fused-ring (bicyclic) bond motifs is 9. The molecule has 180 valence electrons. The predicted octanol–water partition coefficient (Wildman–Crippen LogP) is 10.2. The van der Waals surface area contributed by atoms with Gasteiger partial charge >= 0.3 is 0 Å². The Kier molecular flexibility index (Phi) is 3.57. The molecule has 10 aromatic rings. The zero-order chi connectivity index (χ0) is 25.2. The lowest BCUT2D eigenvalue weighted by atomic mass is 9.93. The zero-order valence-electron chi connectivity index (χ0n) is 20.6. The number of thiophene rings is 1. The molecule has 0 saturated carbocycles. The van der Waals surface area contributed by atoms with Gasteiger partial charge in [-0.15, -0.1) is 11.3 Å². The van der Waals surface area contributed by atoms with E-state index in [-0.39, 0.29) is 0 Å². The van der Waals surface area contributed by atoms with E-state index < -0.39 is 0 Å². The van der Waals surface area contributed by atoms with Crippen LogP contribution in [0.4, 0.5) is 0 Å². The van der Waals surface area contributed by atoms with Gasteiger partial charge in [-0.1, -0.05) is 54.6 Å². The minimum atomic E-state index is 0.892. The normalized spacial score (nSPS) is 12.6. The largest absolute Gasteiger partial charge is 0.456 e. The van der Waals surface area contributed by atoms with Crippen LogP contribution in [-0.2, 0) is 0 Å². The maximum Gasteiger partial charge on any atom is 0.136 e. The van der Waals surface area contributed by atoms with Gasteiger partial charge in [0.25, 0.3) is 0 Å². The highest BCUT2D eigenvalue weighted by Gasteiger charge is 2.21. The number of aromatic nitrogens is 2. The molecule has 0 aliphatic heterocycles. The Morgan fingerprint density at radius 1 is 0.538 bits per heavy atom. The molecule has 0 unspecified atom stereocenters. The molecule has 0 saturated heterocycles. The number of pyridine rings is 1. The Balaban J connectivity index is 1.46. The third-order valence-corrected chi connectivity index (χ3v) is 9.50. The molecule has 10 rings (SSSR count). The van der Waals surface area contributed by atoms with Crippen molar-refractivity contribution in [2.45, 2.75) is 0 Å². The van der Waals surface area contributed by atoms with Crippen LogP contribution in [0.3, 0.4) is 0 Å². The molecule has 3 nitrogen and oxygen atoms in total. The van der Waals surface area contributed by atoms with Crippen molar-refractivity contribution >= 4 is 96.9 Å². The molecule has 0 fully saturated rings. The molecule has 0 radical (unpaired) electrons. The van der Waals surface area contributed by atoms with Gasteiger partial charge in [-0.05, 0) is 64.7 Å². The Labute approximate surface area is 225 Å². The molecule has 0 amide bonds. The van der Waals surface area contributed by atoms with Gasteiger partial charge in [0.15, 0.2) is 0 Å². The molecular formula is C35H18N2OS. The maximum atomic E-state index is 6.28. The summed E-state index contributed by atoms with van der Waals surface area (Å²) in [5.74, 6) is 0. The second-order valence-corrected chi connectivity index (χ2v) is 11.4. The minimum absolute atomic E-state index is 0.892. The van der Waals surface area contributed by atoms with Gasteiger partial charge in [0, 0.05) is 47.9 Å². The van der Waals surface area contributed by atoms with Gasteiger partial charge in [0.05, 0.1) is 22.2 Å². The molecule has 4 heterocycles. The standard InChI is InChI=1S/C35H18N2OS/c1-2-13-28-19(7-1)23-17-27-24(18-29(23)38-28)35-26(12-6-16-36-35)37(27)25-11-3-8-20-21-9-4-14-30-33(21)34-22(32(20)25)10-5-15-31(34)39-30/h1-18H. The number of rotatable bonds is 1. The second kappa shape index (κ2) is 6.93. The summed E-state index contributed by atoms with van der Waals surface area (Å²) < 4.78 is 11.4. The van der Waals surface area contributed by atoms with Crippen molar-refractivity contribution < 1.29 is 4.42 Å². The highest BCUT2D eigenvalue weighted by atomic mass is 32.1. The van der Waals surface area contributed by atoms with Crippen LogP contribution in [-0.4, -0.2) is 9.55 Å². The van der Waals surface area contributed by atoms with E-state index in [1.807, 2.05) is 35.7 Å². The number of furan rings is 1. The van der Waals surface area contributed by atoms with E-state index in [0.717, 1.165) is 43.9 Å². The number of hydrogen-bond acceptors (Lipinski definition) is 3. The van der Waals surface area contributed by atoms with Crippen molar-refractivity contribution in [2.75, 3.05) is 0 Å². The summed E-state index contributed by atoms with van der Waals surface area (Å²) in [6.07, 6.45) is 1.88. The SMILES string of the molecule is c1ccc2c(c1)oc1cc3c4ncccc4n(-c4cccc5c6cccc7sc8cccc(c45)c8c76)c3cc12. The van der Waals surface area contributed by atoms with Crippen LogP contribution < -0.4 is 0 Å². The Morgan fingerprint density at radius 3 is 2.18 bits per heavy atom. The van der Waals surface area contributed by atoms with Gasteiger partial charge in [-0.2, -0.15) is 0 Å². The van der Waals surface area contributed by atoms with Crippen molar-refractivity contribution in [3.05, 3.63) is 109 Å². The number of nitrogens with zero attached hydrogens (tertiary/aromatic N) is 2. The molecule has 0 atom stereocenters. The summed E-state index contributed by atoms with van der Waals surface area (Å²) in [7, 11) is 0. The summed E-state index contributed by atoms with van der Waals surface area (Å²) in [6.45, 7) is 0. The van der Waals surface area contributed by atoms with Crippen LogP contribution in [0.15, 0.2) is 114 Å². The lowest BCUT2D eigenvalue weighted by molar-refractivity contribution is 0.669. The van der Waals surface area contributed by atoms with E-state index >= 15 is 0 Å². The molecule has 0 aliphatic rings. The first-order valence-electron chi connectivity index (χ1n) is 13.1. The average Bonchev–Trinajstić information content (AvgIpc) is 3.64. The molecule has 0 spiro atoms. The lowest BCUT2D eigenvalue weighted by Crippen LogP contribution is -1.96. The summed E-state index contributed by atoms with van der Waals surface area (Å²) in [5, 5.41) is 11.3. The van der Waals surface area contributed by atoms with Crippen molar-refractivity contribution in [3.8, 4) is 5.69 Å². The maximum absolute atomic E-state index is 6.28. The summed E-state index contributed by atoms with van der Waals surface area (Å²) >= 11 is 1.89. The topological polar surface area (TPSA) is 31.0 Å². The summed E-state index contributed by atoms with van der Waals surface area (Å²) in [6, 6.07) is 37.2. The fraction of sp³-hybridized carbons (Fsp3) is 0. The fourth-order valence-corrected chi connectivity index (χ4v) is 8.00. The molecular weight excluding hydrogens is 496 g/mol. The van der Waals surface area contributed by atoms with E-state index in [4.69, 9.17) is 9.40 Å². The van der Waals surface area contributed by atoms with Crippen LogP contribution in [0, 0.1) is 0 Å². The first kappa shape index (κ1) is 20.1. The van der Waals surface area contributed by atoms with Crippen LogP contribution in [0.5, 0.6) is 0 Å². The van der Waals surface area contributed by atoms with Gasteiger partial charge < -0.3 is 8.98 Å². The number of para-hydroxylation sites is 1. The van der Waals surface area contributed by atoms with Crippen LogP contribution >= 0.6 is 11.3 Å². The fourth-order valence-electron chi connectivity index (χ4n) is 6.84. The summed E-state index contributed by atoms with van der Waals surface area (Å²) in [4.78, 5) is 4.87. The highest BCUT2D eigenvalue weighted by Crippen LogP contribution is 2.47. The van der Waals surface area contributed by atoms with E-state index in [2.05, 4.69) is 89.5 Å². The predicted molar refractivity (Wildman–Crippen MR) is 165 cm³/mol. The number of hydrogen-bond donors (Lipinski definition) is 0. The van der Waals surface area contributed by atoms with Gasteiger partial charge in [-0.25, -0.2) is 0 Å². The summed E-state index contributed by atoms with van der Waals surface area (Å²) in [5.41, 5.74) is 6.19. The smallest absolute Gasteiger partial charge is 0.136 e. The minimum Gasteiger partial charge on any atom is -0.456 e. The third-order valence-electron chi connectivity index (χ3n) is 8.38. The van der Waals surface area contributed by atoms with Gasteiger partial charge in [-0.3, -0.25) is 4.98 Å². The Morgan fingerprint density at radius 2 is 1.28 bits per heavy atom. The lowest BCUT2D eigenvalue weighted by Gasteiger charge is -2.15. The number of benzene rings is 6. The van der Waals surface area contributed by atoms with E-state index in [1.54, 1.807) is 0 Å². The van der Waals surface area contributed by atoms with Crippen LogP contribution in [0.25, 0.3) is 91.3 Å². The zero-order valence-corrected chi connectivity index (χ0v) is 21.4. The Hall–Kier alpha value is -4.93. The highest BCUT2D eigenvalue weighted by molar-refractivity contribution is 7.26. The van der Waals surface area contributed by atoms with Gasteiger partial charge in [0.1, 0.15) is 11.2 Å². The molecule has 4 heteroatoms. The van der Waals surface area contributed by atoms with Crippen LogP contribution in [0.2, 0.25) is 0 Å². The molecule has 0 N–H and O–H groups in total. The molecule has 39 heavy (non-hydrogen) atoms. The van der Waals surface area contributed by atoms with E-state index in [9.17, 15) is 0 Å². The first-order valence-corrected chi connectivity index (χ1v) is 14.0. The van der Waals surface area contributed by atoms with Crippen molar-refractivity contribution in [3.63, 3.8) is 0 Å². The molecule has 0 bridgehead atoms. The third kappa shape index (κ3) is 2.41. The van der Waals surface area contributed by atoms with Crippen LogP contribution in [0.1, 0.15) is 0 Å². The van der Waals surface area contributed by atoms with Gasteiger partial charge in [0.2, 0.25) is 0 Å². The second-order valence-electron chi connectivity index (χ2n) is 10.3. The first-order chi connectivity index (χ1) is 19.3. The van der Waals surface area contributed by atoms with E-state index in [0.29, 0.717) is 0 Å². The molecule has 4 aromatic heterocycles. The van der Waals surface area contributed by atoms with Crippen molar-refractivity contribution in [1.82, 2.24) is 9.55 Å². The Bertz CT molecular complexity index is 2620. The van der Waals surface area contributed by atoms with Crippen molar-refractivity contribution in [1.29, 1.82) is 0 Å². The van der Waals surface area contributed by atoms with E-state index in [1.165, 1.54) is 47.4 Å². The molecule has 6 aromatic carbocycles.